The SMILES string of the molecule is O=C(COc1ccc(Cl)cc1Br)NNC(=O)c1cccc2ccccc12. The number of rotatable bonds is 4. The fraction of sp³-hybridized carbons (Fsp3) is 0.0526. The lowest BCUT2D eigenvalue weighted by molar-refractivity contribution is -0.123. The van der Waals surface area contributed by atoms with Crippen LogP contribution in [0.1, 0.15) is 10.4 Å². The van der Waals surface area contributed by atoms with Gasteiger partial charge in [-0.3, -0.25) is 20.4 Å². The smallest absolute Gasteiger partial charge is 0.276 e. The second kappa shape index (κ2) is 8.21. The molecule has 7 heteroatoms. The number of hydrogen-bond donors (Lipinski definition) is 2. The van der Waals surface area contributed by atoms with Gasteiger partial charge in [0.15, 0.2) is 6.61 Å². The molecule has 0 bridgehead atoms. The van der Waals surface area contributed by atoms with Gasteiger partial charge in [0.2, 0.25) is 0 Å². The van der Waals surface area contributed by atoms with Crippen molar-refractivity contribution in [1.82, 2.24) is 10.9 Å². The van der Waals surface area contributed by atoms with Crippen molar-refractivity contribution in [2.24, 2.45) is 0 Å². The number of nitrogens with one attached hydrogen (secondary N) is 2. The molecule has 0 aliphatic carbocycles. The molecule has 3 rings (SSSR count). The van der Waals surface area contributed by atoms with Gasteiger partial charge in [-0.05, 0) is 51.0 Å². The fourth-order valence-corrected chi connectivity index (χ4v) is 3.19. The zero-order chi connectivity index (χ0) is 18.5. The van der Waals surface area contributed by atoms with Crippen molar-refractivity contribution >= 4 is 50.1 Å². The molecule has 2 amide bonds. The number of fused-ring (bicyclic) bond motifs is 1. The molecule has 0 radical (unpaired) electrons. The Labute approximate surface area is 163 Å². The molecular formula is C19H14BrClN2O3. The molecule has 0 heterocycles. The molecule has 3 aromatic rings. The molecule has 0 aromatic heterocycles. The maximum absolute atomic E-state index is 12.3. The van der Waals surface area contributed by atoms with Gasteiger partial charge in [-0.25, -0.2) is 0 Å². The summed E-state index contributed by atoms with van der Waals surface area (Å²) < 4.78 is 6.03. The molecule has 0 spiro atoms. The minimum Gasteiger partial charge on any atom is -0.483 e. The Morgan fingerprint density at radius 3 is 2.58 bits per heavy atom. The van der Waals surface area contributed by atoms with E-state index in [4.69, 9.17) is 16.3 Å². The normalized spacial score (nSPS) is 10.4. The summed E-state index contributed by atoms with van der Waals surface area (Å²) in [4.78, 5) is 24.2. The lowest BCUT2D eigenvalue weighted by Gasteiger charge is -2.11. The summed E-state index contributed by atoms with van der Waals surface area (Å²) >= 11 is 9.15. The first-order valence-electron chi connectivity index (χ1n) is 7.69. The molecule has 0 unspecified atom stereocenters. The predicted molar refractivity (Wildman–Crippen MR) is 104 cm³/mol. The van der Waals surface area contributed by atoms with E-state index in [9.17, 15) is 9.59 Å². The van der Waals surface area contributed by atoms with Crippen LogP contribution in [0.15, 0.2) is 65.1 Å². The molecule has 0 aliphatic heterocycles. The van der Waals surface area contributed by atoms with E-state index < -0.39 is 11.8 Å². The number of amides is 2. The summed E-state index contributed by atoms with van der Waals surface area (Å²) in [6.07, 6.45) is 0. The molecule has 26 heavy (non-hydrogen) atoms. The first kappa shape index (κ1) is 18.2. The summed E-state index contributed by atoms with van der Waals surface area (Å²) in [6, 6.07) is 17.9. The van der Waals surface area contributed by atoms with Crippen LogP contribution in [0.3, 0.4) is 0 Å². The average Bonchev–Trinajstić information content (AvgIpc) is 2.65. The minimum atomic E-state index is -0.486. The number of hydrogen-bond acceptors (Lipinski definition) is 3. The molecule has 0 saturated heterocycles. The van der Waals surface area contributed by atoms with Crippen LogP contribution in [0.4, 0.5) is 0 Å². The largest absolute Gasteiger partial charge is 0.483 e. The Kier molecular flexibility index (Phi) is 5.75. The highest BCUT2D eigenvalue weighted by molar-refractivity contribution is 9.10. The van der Waals surface area contributed by atoms with E-state index in [0.29, 0.717) is 20.8 Å². The second-order valence-corrected chi connectivity index (χ2v) is 6.68. The standard InChI is InChI=1S/C19H14BrClN2O3/c20-16-10-13(21)8-9-17(16)26-11-18(24)22-23-19(25)15-7-3-5-12-4-1-2-6-14(12)15/h1-10H,11H2,(H,22,24)(H,23,25). The molecule has 132 valence electrons. The number of carbonyl (C=O) groups is 2. The third kappa shape index (κ3) is 4.33. The summed E-state index contributed by atoms with van der Waals surface area (Å²) in [5.41, 5.74) is 5.22. The van der Waals surface area contributed by atoms with Crippen molar-refractivity contribution in [2.45, 2.75) is 0 Å². The quantitative estimate of drug-likeness (QED) is 0.609. The van der Waals surface area contributed by atoms with Crippen LogP contribution < -0.4 is 15.6 Å². The van der Waals surface area contributed by atoms with Crippen molar-refractivity contribution < 1.29 is 14.3 Å². The molecule has 0 saturated carbocycles. The zero-order valence-corrected chi connectivity index (χ0v) is 15.8. The van der Waals surface area contributed by atoms with E-state index in [0.717, 1.165) is 10.8 Å². The Morgan fingerprint density at radius 1 is 1.00 bits per heavy atom. The topological polar surface area (TPSA) is 67.4 Å². The predicted octanol–water partition coefficient (Wildman–Crippen LogP) is 4.10. The number of ether oxygens (including phenoxy) is 1. The minimum absolute atomic E-state index is 0.254. The number of carbonyl (C=O) groups excluding carboxylic acids is 2. The third-order valence-corrected chi connectivity index (χ3v) is 4.46. The van der Waals surface area contributed by atoms with Crippen LogP contribution in [0, 0.1) is 0 Å². The lowest BCUT2D eigenvalue weighted by atomic mass is 10.0. The average molecular weight is 434 g/mol. The summed E-state index contributed by atoms with van der Waals surface area (Å²) in [5, 5.41) is 2.31. The molecule has 3 aromatic carbocycles. The number of halogens is 2. The molecule has 5 nitrogen and oxygen atoms in total. The second-order valence-electron chi connectivity index (χ2n) is 5.39. The van der Waals surface area contributed by atoms with Gasteiger partial charge in [0.05, 0.1) is 4.47 Å². The summed E-state index contributed by atoms with van der Waals surface area (Å²) in [5.74, 6) is -0.409. The lowest BCUT2D eigenvalue weighted by Crippen LogP contribution is -2.43. The Bertz CT molecular complexity index is 973. The highest BCUT2D eigenvalue weighted by Gasteiger charge is 2.11. The Hall–Kier alpha value is -2.57. The van der Waals surface area contributed by atoms with E-state index in [1.165, 1.54) is 0 Å². The van der Waals surface area contributed by atoms with Gasteiger partial charge < -0.3 is 4.74 Å². The molecule has 0 aliphatic rings. The van der Waals surface area contributed by atoms with Crippen LogP contribution >= 0.6 is 27.5 Å². The van der Waals surface area contributed by atoms with Crippen molar-refractivity contribution in [3.05, 3.63) is 75.7 Å². The van der Waals surface area contributed by atoms with Crippen LogP contribution in [0.2, 0.25) is 5.02 Å². The monoisotopic (exact) mass is 432 g/mol. The third-order valence-electron chi connectivity index (χ3n) is 3.60. The van der Waals surface area contributed by atoms with Crippen LogP contribution in [-0.4, -0.2) is 18.4 Å². The molecular weight excluding hydrogens is 420 g/mol. The van der Waals surface area contributed by atoms with Gasteiger partial charge in [0, 0.05) is 10.6 Å². The van der Waals surface area contributed by atoms with Crippen LogP contribution in [-0.2, 0) is 4.79 Å². The van der Waals surface area contributed by atoms with Crippen molar-refractivity contribution in [3.8, 4) is 5.75 Å². The van der Waals surface area contributed by atoms with Crippen molar-refractivity contribution in [2.75, 3.05) is 6.61 Å². The highest BCUT2D eigenvalue weighted by Crippen LogP contribution is 2.27. The zero-order valence-electron chi connectivity index (χ0n) is 13.5. The van der Waals surface area contributed by atoms with Gasteiger partial charge in [-0.1, -0.05) is 48.0 Å². The van der Waals surface area contributed by atoms with E-state index in [1.807, 2.05) is 30.3 Å². The number of hydrazine groups is 1. The van der Waals surface area contributed by atoms with Gasteiger partial charge >= 0.3 is 0 Å². The first-order chi connectivity index (χ1) is 12.5. The first-order valence-corrected chi connectivity index (χ1v) is 8.86. The molecule has 0 fully saturated rings. The van der Waals surface area contributed by atoms with Crippen molar-refractivity contribution in [1.29, 1.82) is 0 Å². The van der Waals surface area contributed by atoms with Gasteiger partial charge in [0.1, 0.15) is 5.75 Å². The molecule has 0 atom stereocenters. The van der Waals surface area contributed by atoms with Crippen LogP contribution in [0.5, 0.6) is 5.75 Å². The van der Waals surface area contributed by atoms with E-state index in [-0.39, 0.29) is 6.61 Å². The highest BCUT2D eigenvalue weighted by atomic mass is 79.9. The maximum Gasteiger partial charge on any atom is 0.276 e. The van der Waals surface area contributed by atoms with E-state index in [1.54, 1.807) is 30.3 Å². The fourth-order valence-electron chi connectivity index (χ4n) is 2.39. The Balaban J connectivity index is 1.58. The van der Waals surface area contributed by atoms with Gasteiger partial charge in [0.25, 0.3) is 11.8 Å². The van der Waals surface area contributed by atoms with E-state index in [2.05, 4.69) is 26.8 Å². The van der Waals surface area contributed by atoms with Crippen LogP contribution in [0.25, 0.3) is 10.8 Å². The van der Waals surface area contributed by atoms with Gasteiger partial charge in [-0.15, -0.1) is 0 Å². The van der Waals surface area contributed by atoms with E-state index >= 15 is 0 Å². The summed E-state index contributed by atoms with van der Waals surface area (Å²) in [6.45, 7) is -0.254. The summed E-state index contributed by atoms with van der Waals surface area (Å²) in [7, 11) is 0. The van der Waals surface area contributed by atoms with Gasteiger partial charge in [-0.2, -0.15) is 0 Å². The van der Waals surface area contributed by atoms with Crippen molar-refractivity contribution in [3.63, 3.8) is 0 Å². The maximum atomic E-state index is 12.3. The Morgan fingerprint density at radius 2 is 1.77 bits per heavy atom. The molecule has 2 N–H and O–H groups in total. The number of benzene rings is 3.